The van der Waals surface area contributed by atoms with Gasteiger partial charge < -0.3 is 9.84 Å². The van der Waals surface area contributed by atoms with Gasteiger partial charge in [0.15, 0.2) is 0 Å². The number of ether oxygens (including phenoxy) is 1. The Bertz CT molecular complexity index is 518. The van der Waals surface area contributed by atoms with Gasteiger partial charge in [0.25, 0.3) is 0 Å². The van der Waals surface area contributed by atoms with Crippen molar-refractivity contribution >= 4 is 11.3 Å². The van der Waals surface area contributed by atoms with Gasteiger partial charge in [-0.15, -0.1) is 11.3 Å². The lowest BCUT2D eigenvalue weighted by Gasteiger charge is -1.99. The average molecular weight is 244 g/mol. The smallest absolute Gasteiger partial charge is 0.149 e. The summed E-state index contributed by atoms with van der Waals surface area (Å²) >= 11 is 1.50. The maximum Gasteiger partial charge on any atom is 0.149 e. The van der Waals surface area contributed by atoms with Crippen LogP contribution in [-0.2, 0) is 0 Å². The van der Waals surface area contributed by atoms with Crippen molar-refractivity contribution in [2.24, 2.45) is 0 Å². The summed E-state index contributed by atoms with van der Waals surface area (Å²) in [5, 5.41) is 11.7. The Morgan fingerprint density at radius 1 is 1.24 bits per heavy atom. The highest BCUT2D eigenvalue weighted by molar-refractivity contribution is 7.10. The molecule has 1 heterocycles. The van der Waals surface area contributed by atoms with Gasteiger partial charge >= 0.3 is 0 Å². The van der Waals surface area contributed by atoms with E-state index in [0.717, 1.165) is 16.2 Å². The largest absolute Gasteiger partial charge is 0.497 e. The van der Waals surface area contributed by atoms with E-state index in [4.69, 9.17) is 4.74 Å². The summed E-state index contributed by atoms with van der Waals surface area (Å²) in [6, 6.07) is 11.2. The molecular formula is C14H12O2S. The van der Waals surface area contributed by atoms with Gasteiger partial charge in [0.05, 0.1) is 7.11 Å². The number of rotatable bonds is 2. The predicted octanol–water partition coefficient (Wildman–Crippen LogP) is 2.84. The van der Waals surface area contributed by atoms with Crippen molar-refractivity contribution in [2.45, 2.75) is 6.10 Å². The molecule has 1 N–H and O–H groups in total. The number of hydrogen-bond donors (Lipinski definition) is 1. The molecule has 1 unspecified atom stereocenters. The second-order valence-electron chi connectivity index (χ2n) is 3.42. The molecule has 0 bridgehead atoms. The van der Waals surface area contributed by atoms with Crippen molar-refractivity contribution in [1.29, 1.82) is 0 Å². The first-order valence-electron chi connectivity index (χ1n) is 5.16. The topological polar surface area (TPSA) is 29.5 Å². The average Bonchev–Trinajstić information content (AvgIpc) is 2.90. The van der Waals surface area contributed by atoms with Crippen LogP contribution in [0.3, 0.4) is 0 Å². The zero-order valence-electron chi connectivity index (χ0n) is 9.38. The van der Waals surface area contributed by atoms with E-state index in [9.17, 15) is 5.11 Å². The molecule has 1 aromatic carbocycles. The molecule has 1 atom stereocenters. The molecular weight excluding hydrogens is 232 g/mol. The SMILES string of the molecule is COc1ccc(C#CC(O)c2cccs2)cc1. The molecule has 0 aliphatic rings. The van der Waals surface area contributed by atoms with Gasteiger partial charge in [-0.3, -0.25) is 0 Å². The Morgan fingerprint density at radius 3 is 2.59 bits per heavy atom. The molecule has 0 saturated carbocycles. The fraction of sp³-hybridized carbons (Fsp3) is 0.143. The maximum atomic E-state index is 9.78. The summed E-state index contributed by atoms with van der Waals surface area (Å²) in [4.78, 5) is 0.867. The van der Waals surface area contributed by atoms with Crippen LogP contribution >= 0.6 is 11.3 Å². The summed E-state index contributed by atoms with van der Waals surface area (Å²) in [6.45, 7) is 0. The van der Waals surface area contributed by atoms with E-state index in [0.29, 0.717) is 0 Å². The first-order chi connectivity index (χ1) is 8.29. The molecule has 0 fully saturated rings. The summed E-state index contributed by atoms with van der Waals surface area (Å²) in [5.41, 5.74) is 0.862. The lowest BCUT2D eigenvalue weighted by molar-refractivity contribution is 0.242. The highest BCUT2D eigenvalue weighted by atomic mass is 32.1. The van der Waals surface area contributed by atoms with Crippen LogP contribution < -0.4 is 4.74 Å². The molecule has 0 spiro atoms. The third kappa shape index (κ3) is 3.10. The van der Waals surface area contributed by atoms with Crippen LogP contribution in [0, 0.1) is 11.8 Å². The molecule has 17 heavy (non-hydrogen) atoms. The minimum absolute atomic E-state index is 0.711. The van der Waals surface area contributed by atoms with Crippen LogP contribution in [-0.4, -0.2) is 12.2 Å². The van der Waals surface area contributed by atoms with E-state index in [2.05, 4.69) is 11.8 Å². The van der Waals surface area contributed by atoms with Crippen LogP contribution in [0.4, 0.5) is 0 Å². The Balaban J connectivity index is 2.10. The van der Waals surface area contributed by atoms with Crippen molar-refractivity contribution in [1.82, 2.24) is 0 Å². The van der Waals surface area contributed by atoms with E-state index in [1.807, 2.05) is 41.8 Å². The molecule has 0 radical (unpaired) electrons. The third-order valence-corrected chi connectivity index (χ3v) is 3.18. The number of hydrogen-bond acceptors (Lipinski definition) is 3. The van der Waals surface area contributed by atoms with Gasteiger partial charge in [0.2, 0.25) is 0 Å². The number of benzene rings is 1. The van der Waals surface area contributed by atoms with Crippen LogP contribution in [0.5, 0.6) is 5.75 Å². The van der Waals surface area contributed by atoms with Crippen molar-refractivity contribution < 1.29 is 9.84 Å². The molecule has 2 nitrogen and oxygen atoms in total. The van der Waals surface area contributed by atoms with Gasteiger partial charge in [0, 0.05) is 10.4 Å². The first kappa shape index (κ1) is 11.7. The first-order valence-corrected chi connectivity index (χ1v) is 6.04. The monoisotopic (exact) mass is 244 g/mol. The highest BCUT2D eigenvalue weighted by Crippen LogP contribution is 2.18. The fourth-order valence-corrected chi connectivity index (χ4v) is 2.00. The van der Waals surface area contributed by atoms with Crippen molar-refractivity contribution in [2.75, 3.05) is 7.11 Å². The molecule has 0 aliphatic heterocycles. The Hall–Kier alpha value is -1.76. The molecule has 2 rings (SSSR count). The van der Waals surface area contributed by atoms with Gasteiger partial charge in [0.1, 0.15) is 11.9 Å². The van der Waals surface area contributed by atoms with Crippen LogP contribution in [0.15, 0.2) is 41.8 Å². The minimum Gasteiger partial charge on any atom is -0.497 e. The van der Waals surface area contributed by atoms with Crippen LogP contribution in [0.25, 0.3) is 0 Å². The van der Waals surface area contributed by atoms with Crippen molar-refractivity contribution in [3.8, 4) is 17.6 Å². The number of aliphatic hydroxyl groups is 1. The van der Waals surface area contributed by atoms with E-state index in [1.54, 1.807) is 7.11 Å². The fourth-order valence-electron chi connectivity index (χ4n) is 1.34. The molecule has 1 aromatic heterocycles. The molecule has 0 amide bonds. The standard InChI is InChI=1S/C14H12O2S/c1-16-12-7-4-11(5-8-12)6-9-13(15)14-3-2-10-17-14/h2-5,7-8,10,13,15H,1H3. The predicted molar refractivity (Wildman–Crippen MR) is 69.2 cm³/mol. The zero-order valence-corrected chi connectivity index (χ0v) is 10.2. The van der Waals surface area contributed by atoms with E-state index in [-0.39, 0.29) is 0 Å². The van der Waals surface area contributed by atoms with Crippen LogP contribution in [0.2, 0.25) is 0 Å². The summed E-state index contributed by atoms with van der Waals surface area (Å²) in [6.07, 6.45) is -0.711. The van der Waals surface area contributed by atoms with Crippen molar-refractivity contribution in [3.63, 3.8) is 0 Å². The molecule has 0 saturated heterocycles. The number of methoxy groups -OCH3 is 1. The second kappa shape index (κ2) is 5.53. The van der Waals surface area contributed by atoms with Gasteiger partial charge in [-0.25, -0.2) is 0 Å². The van der Waals surface area contributed by atoms with E-state index in [1.165, 1.54) is 11.3 Å². The summed E-state index contributed by atoms with van der Waals surface area (Å²) < 4.78 is 5.06. The minimum atomic E-state index is -0.711. The van der Waals surface area contributed by atoms with E-state index >= 15 is 0 Å². The molecule has 86 valence electrons. The summed E-state index contributed by atoms with van der Waals surface area (Å²) in [5.74, 6) is 6.55. The van der Waals surface area contributed by atoms with Gasteiger partial charge in [-0.05, 0) is 35.7 Å². The van der Waals surface area contributed by atoms with Gasteiger partial charge in [-0.2, -0.15) is 0 Å². The summed E-state index contributed by atoms with van der Waals surface area (Å²) in [7, 11) is 1.63. The lowest BCUT2D eigenvalue weighted by atomic mass is 10.2. The maximum absolute atomic E-state index is 9.78. The lowest BCUT2D eigenvalue weighted by Crippen LogP contribution is -1.89. The molecule has 2 aromatic rings. The zero-order chi connectivity index (χ0) is 12.1. The quantitative estimate of drug-likeness (QED) is 0.823. The van der Waals surface area contributed by atoms with Gasteiger partial charge in [-0.1, -0.05) is 17.9 Å². The number of thiophene rings is 1. The second-order valence-corrected chi connectivity index (χ2v) is 4.40. The Kier molecular flexibility index (Phi) is 3.81. The van der Waals surface area contributed by atoms with Crippen LogP contribution in [0.1, 0.15) is 16.5 Å². The normalized spacial score (nSPS) is 11.4. The van der Waals surface area contributed by atoms with Crippen molar-refractivity contribution in [3.05, 3.63) is 52.2 Å². The third-order valence-electron chi connectivity index (χ3n) is 2.26. The Morgan fingerprint density at radius 2 is 2.00 bits per heavy atom. The number of aliphatic hydroxyl groups excluding tert-OH is 1. The molecule has 0 aliphatic carbocycles. The Labute approximate surface area is 104 Å². The highest BCUT2D eigenvalue weighted by Gasteiger charge is 2.02. The van der Waals surface area contributed by atoms with E-state index < -0.39 is 6.10 Å². The molecule has 3 heteroatoms.